The summed E-state index contributed by atoms with van der Waals surface area (Å²) in [7, 11) is 0. The smallest absolute Gasteiger partial charge is 0.314 e. The fraction of sp³-hybridized carbons (Fsp3) is 0.696. The molecule has 2 aliphatic heterocycles. The van der Waals surface area contributed by atoms with E-state index in [2.05, 4.69) is 0 Å². The fourth-order valence-electron chi connectivity index (χ4n) is 7.50. The molecule has 2 aliphatic carbocycles. The van der Waals surface area contributed by atoms with E-state index in [4.69, 9.17) is 18.6 Å². The van der Waals surface area contributed by atoms with E-state index in [-0.39, 0.29) is 18.3 Å². The van der Waals surface area contributed by atoms with Crippen LogP contribution in [-0.2, 0) is 35.0 Å². The lowest BCUT2D eigenvalue weighted by Gasteiger charge is -2.62. The van der Waals surface area contributed by atoms with Crippen LogP contribution in [0.4, 0.5) is 0 Å². The Bertz CT molecular complexity index is 976. The molecule has 0 aromatic carbocycles. The number of aldehydes is 1. The minimum absolute atomic E-state index is 0.217. The van der Waals surface area contributed by atoms with Crippen molar-refractivity contribution in [3.8, 4) is 0 Å². The minimum atomic E-state index is -1.55. The highest BCUT2D eigenvalue weighted by atomic mass is 16.7. The summed E-state index contributed by atoms with van der Waals surface area (Å²) in [6.07, 6.45) is 1.18. The Hall–Kier alpha value is -2.19. The quantitative estimate of drug-likeness (QED) is 0.559. The van der Waals surface area contributed by atoms with Crippen molar-refractivity contribution in [2.45, 2.75) is 77.0 Å². The zero-order valence-corrected chi connectivity index (χ0v) is 18.3. The normalized spacial score (nSPS) is 46.9. The van der Waals surface area contributed by atoms with Gasteiger partial charge in [0, 0.05) is 36.7 Å². The molecule has 5 rings (SSSR count). The molecule has 8 nitrogen and oxygen atoms in total. The van der Waals surface area contributed by atoms with Crippen LogP contribution in [0.3, 0.4) is 0 Å². The average molecular weight is 432 g/mol. The molecule has 3 fully saturated rings. The molecule has 31 heavy (non-hydrogen) atoms. The molecule has 1 N–H and O–H groups in total. The Morgan fingerprint density at radius 2 is 2.00 bits per heavy atom. The van der Waals surface area contributed by atoms with Gasteiger partial charge in [-0.15, -0.1) is 0 Å². The van der Waals surface area contributed by atoms with E-state index >= 15 is 0 Å². The maximum absolute atomic E-state index is 13.1. The van der Waals surface area contributed by atoms with Gasteiger partial charge < -0.3 is 28.5 Å². The number of esters is 2. The molecular formula is C23H28O8. The number of ether oxygens (including phenoxy) is 3. The van der Waals surface area contributed by atoms with E-state index in [1.165, 1.54) is 6.92 Å². The van der Waals surface area contributed by atoms with Gasteiger partial charge in [0.15, 0.2) is 11.9 Å². The van der Waals surface area contributed by atoms with Crippen LogP contribution >= 0.6 is 0 Å². The summed E-state index contributed by atoms with van der Waals surface area (Å²) < 4.78 is 23.7. The second-order valence-electron chi connectivity index (χ2n) is 10.6. The van der Waals surface area contributed by atoms with Gasteiger partial charge in [0.1, 0.15) is 23.8 Å². The molecule has 0 amide bonds. The van der Waals surface area contributed by atoms with Crippen molar-refractivity contribution in [2.75, 3.05) is 0 Å². The van der Waals surface area contributed by atoms with E-state index in [0.29, 0.717) is 12.2 Å². The van der Waals surface area contributed by atoms with Crippen LogP contribution < -0.4 is 0 Å². The van der Waals surface area contributed by atoms with E-state index in [1.807, 2.05) is 13.8 Å². The number of furan rings is 1. The molecule has 8 atom stereocenters. The Morgan fingerprint density at radius 3 is 2.58 bits per heavy atom. The number of aliphatic hydroxyl groups is 1. The Balaban J connectivity index is 1.79. The van der Waals surface area contributed by atoms with Crippen LogP contribution in [0.5, 0.6) is 0 Å². The fourth-order valence-corrected chi connectivity index (χ4v) is 7.50. The number of hydrogen-bond acceptors (Lipinski definition) is 8. The molecule has 8 heteroatoms. The summed E-state index contributed by atoms with van der Waals surface area (Å²) >= 11 is 0. The molecular weight excluding hydrogens is 404 g/mol. The van der Waals surface area contributed by atoms with E-state index in [1.54, 1.807) is 26.2 Å². The van der Waals surface area contributed by atoms with Crippen molar-refractivity contribution in [1.29, 1.82) is 0 Å². The maximum Gasteiger partial charge on any atom is 0.314 e. The molecule has 3 heterocycles. The van der Waals surface area contributed by atoms with Gasteiger partial charge in [0.05, 0.1) is 17.6 Å². The van der Waals surface area contributed by atoms with E-state index in [0.717, 1.165) is 11.8 Å². The van der Waals surface area contributed by atoms with Gasteiger partial charge in [-0.2, -0.15) is 0 Å². The average Bonchev–Trinajstić information content (AvgIpc) is 3.29. The summed E-state index contributed by atoms with van der Waals surface area (Å²) in [5, 5.41) is 11.0. The summed E-state index contributed by atoms with van der Waals surface area (Å²) in [5.41, 5.74) is -2.64. The third-order valence-electron chi connectivity index (χ3n) is 8.22. The highest BCUT2D eigenvalue weighted by Crippen LogP contribution is 2.69. The monoisotopic (exact) mass is 432 g/mol. The summed E-state index contributed by atoms with van der Waals surface area (Å²) in [6, 6.07) is 1.77. The van der Waals surface area contributed by atoms with Crippen molar-refractivity contribution in [3.63, 3.8) is 0 Å². The molecule has 2 saturated heterocycles. The summed E-state index contributed by atoms with van der Waals surface area (Å²) in [6.45, 7) is 8.39. The third kappa shape index (κ3) is 2.35. The first kappa shape index (κ1) is 20.7. The first-order valence-electron chi connectivity index (χ1n) is 10.7. The minimum Gasteiger partial charge on any atom is -0.469 e. The molecule has 0 bridgehead atoms. The maximum atomic E-state index is 13.1. The van der Waals surface area contributed by atoms with Crippen molar-refractivity contribution < 1.29 is 38.1 Å². The Morgan fingerprint density at radius 1 is 1.29 bits per heavy atom. The van der Waals surface area contributed by atoms with Crippen LogP contribution in [0.2, 0.25) is 0 Å². The SMILES string of the molecule is CC(=O)O[C@H]1[C@@H]2OC(=O)[C@@H]3c4ccoc4C[C@@H]([C@@H]23)[C@@](C)(C=O)[C@@]12O[C@](C)(O)CC2(C)C. The highest BCUT2D eigenvalue weighted by Gasteiger charge is 2.80. The van der Waals surface area contributed by atoms with E-state index in [9.17, 15) is 19.5 Å². The number of carbonyl (C=O) groups is 3. The lowest BCUT2D eigenvalue weighted by molar-refractivity contribution is -0.317. The largest absolute Gasteiger partial charge is 0.469 e. The van der Waals surface area contributed by atoms with Gasteiger partial charge in [0.25, 0.3) is 0 Å². The van der Waals surface area contributed by atoms with Crippen molar-refractivity contribution >= 4 is 18.2 Å². The van der Waals surface area contributed by atoms with Crippen LogP contribution in [0.15, 0.2) is 16.7 Å². The molecule has 0 unspecified atom stereocenters. The van der Waals surface area contributed by atoms with Crippen molar-refractivity contribution in [2.24, 2.45) is 22.7 Å². The van der Waals surface area contributed by atoms with E-state index < -0.39 is 52.3 Å². The van der Waals surface area contributed by atoms with Crippen molar-refractivity contribution in [1.82, 2.24) is 0 Å². The standard InChI is InChI=1S/C23H28O8/c1-11(25)29-18-17-16-13(8-14-12(6-7-28-14)15(16)19(26)30-17)21(4,10-24)23(18)20(2,3)9-22(5,27)31-23/h6-7,10,13,15-18,27H,8-9H2,1-5H3/t13-,15+,16+,17+,18-,21+,22-,23+/m0/s1. The predicted octanol–water partition coefficient (Wildman–Crippen LogP) is 2.12. The van der Waals surface area contributed by atoms with Crippen LogP contribution in [0, 0.1) is 22.7 Å². The summed E-state index contributed by atoms with van der Waals surface area (Å²) in [4.78, 5) is 38.2. The molecule has 168 valence electrons. The van der Waals surface area contributed by atoms with Crippen LogP contribution in [-0.4, -0.2) is 46.9 Å². The van der Waals surface area contributed by atoms with Crippen molar-refractivity contribution in [3.05, 3.63) is 23.7 Å². The molecule has 4 aliphatic rings. The summed E-state index contributed by atoms with van der Waals surface area (Å²) in [5.74, 6) is -3.24. The molecule has 1 aromatic heterocycles. The Labute approximate surface area is 180 Å². The lowest BCUT2D eigenvalue weighted by Crippen LogP contribution is -2.75. The van der Waals surface area contributed by atoms with Gasteiger partial charge in [-0.25, -0.2) is 0 Å². The molecule has 1 spiro atoms. The van der Waals surface area contributed by atoms with Gasteiger partial charge in [0.2, 0.25) is 0 Å². The number of rotatable bonds is 2. The van der Waals surface area contributed by atoms with Gasteiger partial charge in [-0.1, -0.05) is 13.8 Å². The number of carbonyl (C=O) groups excluding carboxylic acids is 3. The first-order chi connectivity index (χ1) is 14.4. The van der Waals surface area contributed by atoms with Crippen LogP contribution in [0.1, 0.15) is 58.3 Å². The second kappa shape index (κ2) is 5.98. The second-order valence-corrected chi connectivity index (χ2v) is 10.6. The topological polar surface area (TPSA) is 112 Å². The molecule has 0 radical (unpaired) electrons. The number of fused-ring (bicyclic) bond motifs is 2. The molecule has 1 saturated carbocycles. The lowest BCUT2D eigenvalue weighted by atomic mass is 9.44. The van der Waals surface area contributed by atoms with Gasteiger partial charge >= 0.3 is 11.9 Å². The zero-order chi connectivity index (χ0) is 22.6. The zero-order valence-electron chi connectivity index (χ0n) is 18.3. The first-order valence-corrected chi connectivity index (χ1v) is 10.7. The Kier molecular flexibility index (Phi) is 3.99. The molecule has 1 aromatic rings. The van der Waals surface area contributed by atoms with Gasteiger partial charge in [-0.05, 0) is 25.8 Å². The number of hydrogen-bond donors (Lipinski definition) is 1. The highest BCUT2D eigenvalue weighted by molar-refractivity contribution is 5.83. The predicted molar refractivity (Wildman–Crippen MR) is 105 cm³/mol. The third-order valence-corrected chi connectivity index (χ3v) is 8.22. The van der Waals surface area contributed by atoms with Gasteiger partial charge in [-0.3, -0.25) is 9.59 Å². The van der Waals surface area contributed by atoms with Crippen LogP contribution in [0.25, 0.3) is 0 Å².